The van der Waals surface area contributed by atoms with Gasteiger partial charge in [-0.25, -0.2) is 4.98 Å². The van der Waals surface area contributed by atoms with Crippen LogP contribution in [-0.2, 0) is 16.5 Å². The summed E-state index contributed by atoms with van der Waals surface area (Å²) in [6.07, 6.45) is 4.41. The average Bonchev–Trinajstić information content (AvgIpc) is 3.21. The Morgan fingerprint density at radius 2 is 2.43 bits per heavy atom. The quantitative estimate of drug-likeness (QED) is 0.826. The molecule has 3 heterocycles. The number of nitrogens with zero attached hydrogens (tertiary/aromatic N) is 4. The molecule has 2 aromatic rings. The van der Waals surface area contributed by atoms with Gasteiger partial charge >= 0.3 is 0 Å². The molecule has 23 heavy (non-hydrogen) atoms. The lowest BCUT2D eigenvalue weighted by atomic mass is 10.1. The van der Waals surface area contributed by atoms with Crippen molar-refractivity contribution in [3.8, 4) is 10.6 Å². The standard InChI is InChI=1S/C15H20N4O3S/c1-18-8-11(7-16-18)14-17-13(10-23-14)15(20)19-4-6-22-9-12(19)3-5-21-2/h7-8,10,12H,3-6,9H2,1-2H3. The average molecular weight is 336 g/mol. The summed E-state index contributed by atoms with van der Waals surface area (Å²) in [5.41, 5.74) is 1.41. The Hall–Kier alpha value is -1.77. The Kier molecular flexibility index (Phi) is 5.04. The summed E-state index contributed by atoms with van der Waals surface area (Å²) in [6.45, 7) is 2.31. The number of morpholine rings is 1. The fraction of sp³-hybridized carbons (Fsp3) is 0.533. The molecule has 3 rings (SSSR count). The van der Waals surface area contributed by atoms with Gasteiger partial charge in [-0.3, -0.25) is 9.48 Å². The molecule has 0 bridgehead atoms. The highest BCUT2D eigenvalue weighted by Gasteiger charge is 2.29. The minimum Gasteiger partial charge on any atom is -0.385 e. The number of methoxy groups -OCH3 is 1. The lowest BCUT2D eigenvalue weighted by molar-refractivity contribution is -0.0106. The van der Waals surface area contributed by atoms with Crippen LogP contribution in [-0.4, -0.2) is 65.1 Å². The number of hydrogen-bond donors (Lipinski definition) is 0. The molecule has 124 valence electrons. The van der Waals surface area contributed by atoms with Crippen molar-refractivity contribution in [2.75, 3.05) is 33.5 Å². The van der Waals surface area contributed by atoms with Gasteiger partial charge in [0.25, 0.3) is 5.91 Å². The number of amides is 1. The van der Waals surface area contributed by atoms with Crippen LogP contribution in [0.5, 0.6) is 0 Å². The smallest absolute Gasteiger partial charge is 0.273 e. The summed E-state index contributed by atoms with van der Waals surface area (Å²) in [5, 5.41) is 6.76. The lowest BCUT2D eigenvalue weighted by Gasteiger charge is -2.35. The SMILES string of the molecule is COCCC1COCCN1C(=O)c1csc(-c2cnn(C)c2)n1. The van der Waals surface area contributed by atoms with E-state index in [4.69, 9.17) is 9.47 Å². The first-order valence-electron chi connectivity index (χ1n) is 7.51. The number of carbonyl (C=O) groups excluding carboxylic acids is 1. The largest absolute Gasteiger partial charge is 0.385 e. The zero-order valence-corrected chi connectivity index (χ0v) is 14.1. The molecule has 2 aromatic heterocycles. The van der Waals surface area contributed by atoms with Gasteiger partial charge in [0.2, 0.25) is 0 Å². The van der Waals surface area contributed by atoms with Crippen LogP contribution in [0.1, 0.15) is 16.9 Å². The second-order valence-corrected chi connectivity index (χ2v) is 6.31. The minimum atomic E-state index is -0.0409. The van der Waals surface area contributed by atoms with Crippen molar-refractivity contribution in [3.63, 3.8) is 0 Å². The van der Waals surface area contributed by atoms with Gasteiger partial charge in [0.15, 0.2) is 0 Å². The molecule has 7 nitrogen and oxygen atoms in total. The third-order valence-electron chi connectivity index (χ3n) is 3.82. The van der Waals surface area contributed by atoms with E-state index in [0.717, 1.165) is 17.0 Å². The Bertz CT molecular complexity index is 669. The van der Waals surface area contributed by atoms with Crippen molar-refractivity contribution in [1.29, 1.82) is 0 Å². The topological polar surface area (TPSA) is 69.5 Å². The summed E-state index contributed by atoms with van der Waals surface area (Å²) < 4.78 is 12.3. The number of aryl methyl sites for hydroxylation is 1. The molecular formula is C15H20N4O3S. The zero-order valence-electron chi connectivity index (χ0n) is 13.3. The van der Waals surface area contributed by atoms with Gasteiger partial charge in [0.1, 0.15) is 10.7 Å². The molecule has 0 spiro atoms. The molecule has 0 N–H and O–H groups in total. The Labute approximate surface area is 138 Å². The summed E-state index contributed by atoms with van der Waals surface area (Å²) in [5.74, 6) is -0.0409. The molecule has 1 aliphatic rings. The second kappa shape index (κ2) is 7.20. The molecular weight excluding hydrogens is 316 g/mol. The fourth-order valence-corrected chi connectivity index (χ4v) is 3.37. The molecule has 1 amide bonds. The maximum absolute atomic E-state index is 12.8. The van der Waals surface area contributed by atoms with E-state index in [0.29, 0.717) is 32.1 Å². The van der Waals surface area contributed by atoms with E-state index in [1.807, 2.05) is 23.5 Å². The number of aromatic nitrogens is 3. The fourth-order valence-electron chi connectivity index (χ4n) is 2.60. The number of carbonyl (C=O) groups is 1. The van der Waals surface area contributed by atoms with Crippen LogP contribution in [0.25, 0.3) is 10.6 Å². The third kappa shape index (κ3) is 3.60. The monoisotopic (exact) mass is 336 g/mol. The Morgan fingerprint density at radius 3 is 3.17 bits per heavy atom. The number of hydrogen-bond acceptors (Lipinski definition) is 6. The van der Waals surface area contributed by atoms with E-state index in [1.165, 1.54) is 11.3 Å². The van der Waals surface area contributed by atoms with E-state index < -0.39 is 0 Å². The molecule has 1 unspecified atom stereocenters. The number of thiazole rings is 1. The van der Waals surface area contributed by atoms with Gasteiger partial charge < -0.3 is 14.4 Å². The summed E-state index contributed by atoms with van der Waals surface area (Å²) in [6, 6.07) is 0.0414. The van der Waals surface area contributed by atoms with Gasteiger partial charge in [0.05, 0.1) is 25.5 Å². The molecule has 1 atom stereocenters. The van der Waals surface area contributed by atoms with E-state index in [1.54, 1.807) is 18.0 Å². The zero-order chi connectivity index (χ0) is 16.2. The van der Waals surface area contributed by atoms with E-state index >= 15 is 0 Å². The molecule has 8 heteroatoms. The van der Waals surface area contributed by atoms with E-state index in [9.17, 15) is 4.79 Å². The highest BCUT2D eigenvalue weighted by molar-refractivity contribution is 7.13. The highest BCUT2D eigenvalue weighted by Crippen LogP contribution is 2.24. The third-order valence-corrected chi connectivity index (χ3v) is 4.71. The van der Waals surface area contributed by atoms with Gasteiger partial charge in [-0.05, 0) is 6.42 Å². The molecule has 1 fully saturated rings. The van der Waals surface area contributed by atoms with Crippen LogP contribution in [0.15, 0.2) is 17.8 Å². The van der Waals surface area contributed by atoms with Crippen LogP contribution >= 0.6 is 11.3 Å². The molecule has 0 aliphatic carbocycles. The van der Waals surface area contributed by atoms with Gasteiger partial charge in [-0.15, -0.1) is 11.3 Å². The normalized spacial score (nSPS) is 18.3. The first kappa shape index (κ1) is 16.1. The first-order chi connectivity index (χ1) is 11.2. The Balaban J connectivity index is 1.75. The predicted octanol–water partition coefficient (Wildman–Crippen LogP) is 1.42. The maximum Gasteiger partial charge on any atom is 0.273 e. The molecule has 0 aromatic carbocycles. The van der Waals surface area contributed by atoms with Crippen LogP contribution in [0, 0.1) is 0 Å². The lowest BCUT2D eigenvalue weighted by Crippen LogP contribution is -2.49. The number of ether oxygens (including phenoxy) is 2. The van der Waals surface area contributed by atoms with Crippen LogP contribution in [0.4, 0.5) is 0 Å². The van der Waals surface area contributed by atoms with Crippen molar-refractivity contribution in [2.45, 2.75) is 12.5 Å². The second-order valence-electron chi connectivity index (χ2n) is 5.45. The molecule has 1 saturated heterocycles. The molecule has 0 saturated carbocycles. The van der Waals surface area contributed by atoms with E-state index in [-0.39, 0.29) is 11.9 Å². The maximum atomic E-state index is 12.8. The van der Waals surface area contributed by atoms with Gasteiger partial charge in [0, 0.05) is 44.4 Å². The van der Waals surface area contributed by atoms with Gasteiger partial charge in [-0.1, -0.05) is 0 Å². The molecule has 0 radical (unpaired) electrons. The summed E-state index contributed by atoms with van der Waals surface area (Å²) in [4.78, 5) is 19.1. The Morgan fingerprint density at radius 1 is 1.57 bits per heavy atom. The minimum absolute atomic E-state index is 0.0409. The highest BCUT2D eigenvalue weighted by atomic mass is 32.1. The molecule has 1 aliphatic heterocycles. The number of rotatable bonds is 5. The summed E-state index contributed by atoms with van der Waals surface area (Å²) in [7, 11) is 3.52. The van der Waals surface area contributed by atoms with Crippen molar-refractivity contribution < 1.29 is 14.3 Å². The van der Waals surface area contributed by atoms with Crippen molar-refractivity contribution in [1.82, 2.24) is 19.7 Å². The van der Waals surface area contributed by atoms with Crippen LogP contribution < -0.4 is 0 Å². The van der Waals surface area contributed by atoms with Crippen molar-refractivity contribution >= 4 is 17.2 Å². The summed E-state index contributed by atoms with van der Waals surface area (Å²) >= 11 is 1.46. The predicted molar refractivity (Wildman–Crippen MR) is 86.5 cm³/mol. The van der Waals surface area contributed by atoms with E-state index in [2.05, 4.69) is 10.1 Å². The first-order valence-corrected chi connectivity index (χ1v) is 8.39. The van der Waals surface area contributed by atoms with Crippen LogP contribution in [0.3, 0.4) is 0 Å². The van der Waals surface area contributed by atoms with Crippen molar-refractivity contribution in [3.05, 3.63) is 23.5 Å². The van der Waals surface area contributed by atoms with Crippen molar-refractivity contribution in [2.24, 2.45) is 7.05 Å². The van der Waals surface area contributed by atoms with Crippen LogP contribution in [0.2, 0.25) is 0 Å². The van der Waals surface area contributed by atoms with Gasteiger partial charge in [-0.2, -0.15) is 5.10 Å².